The standard InChI is InChI=1S/C17H16BrFN2O/c18-14-11-13(8-9-15(14)19)17(22)21-10-4-7-16(20-21)12-5-2-1-3-6-12/h1-3,5-6,8-9,13H,4,7,10-11H2. The van der Waals surface area contributed by atoms with Crippen LogP contribution in [-0.2, 0) is 4.79 Å². The van der Waals surface area contributed by atoms with Crippen molar-refractivity contribution in [3.63, 3.8) is 0 Å². The number of carbonyl (C=O) groups excluding carboxylic acids is 1. The van der Waals surface area contributed by atoms with Gasteiger partial charge in [-0.2, -0.15) is 5.10 Å². The van der Waals surface area contributed by atoms with Crippen molar-refractivity contribution in [2.75, 3.05) is 6.54 Å². The molecule has 0 aromatic heterocycles. The molecule has 0 saturated heterocycles. The van der Waals surface area contributed by atoms with Crippen LogP contribution in [0.5, 0.6) is 0 Å². The Morgan fingerprint density at radius 1 is 1.32 bits per heavy atom. The van der Waals surface area contributed by atoms with Gasteiger partial charge in [-0.3, -0.25) is 4.79 Å². The molecule has 0 bridgehead atoms. The second-order valence-corrected chi connectivity index (χ2v) is 6.36. The highest BCUT2D eigenvalue weighted by molar-refractivity contribution is 9.11. The number of halogens is 2. The van der Waals surface area contributed by atoms with Crippen molar-refractivity contribution in [1.82, 2.24) is 5.01 Å². The molecule has 5 heteroatoms. The van der Waals surface area contributed by atoms with Crippen LogP contribution in [0.25, 0.3) is 0 Å². The average Bonchev–Trinajstić information content (AvgIpc) is 2.57. The molecule has 0 radical (unpaired) electrons. The summed E-state index contributed by atoms with van der Waals surface area (Å²) in [6.45, 7) is 0.614. The quantitative estimate of drug-likeness (QED) is 0.777. The highest BCUT2D eigenvalue weighted by Gasteiger charge is 2.28. The molecule has 1 aromatic carbocycles. The van der Waals surface area contributed by atoms with E-state index in [1.807, 2.05) is 30.3 Å². The van der Waals surface area contributed by atoms with E-state index in [0.29, 0.717) is 17.4 Å². The van der Waals surface area contributed by atoms with E-state index in [1.54, 1.807) is 6.08 Å². The largest absolute Gasteiger partial charge is 0.272 e. The summed E-state index contributed by atoms with van der Waals surface area (Å²) in [5, 5.41) is 6.04. The van der Waals surface area contributed by atoms with Crippen LogP contribution in [0, 0.1) is 5.92 Å². The van der Waals surface area contributed by atoms with Crippen molar-refractivity contribution in [2.45, 2.75) is 19.3 Å². The first kappa shape index (κ1) is 15.2. The predicted octanol–water partition coefficient (Wildman–Crippen LogP) is 4.17. The van der Waals surface area contributed by atoms with Gasteiger partial charge in [-0.25, -0.2) is 9.40 Å². The van der Waals surface area contributed by atoms with Gasteiger partial charge in [0.25, 0.3) is 0 Å². The second kappa shape index (κ2) is 6.57. The number of hydrogen-bond donors (Lipinski definition) is 0. The lowest BCUT2D eigenvalue weighted by atomic mass is 9.98. The van der Waals surface area contributed by atoms with E-state index >= 15 is 0 Å². The number of allylic oxidation sites excluding steroid dienone is 3. The Morgan fingerprint density at radius 2 is 2.09 bits per heavy atom. The molecule has 1 aliphatic heterocycles. The van der Waals surface area contributed by atoms with Crippen molar-refractivity contribution in [3.8, 4) is 0 Å². The van der Waals surface area contributed by atoms with E-state index in [1.165, 1.54) is 11.1 Å². The minimum absolute atomic E-state index is 0.0752. The Balaban J connectivity index is 1.78. The summed E-state index contributed by atoms with van der Waals surface area (Å²) in [5.41, 5.74) is 1.98. The molecule has 0 saturated carbocycles. The third kappa shape index (κ3) is 3.19. The third-order valence-electron chi connectivity index (χ3n) is 3.84. The normalized spacial score (nSPS) is 21.8. The summed E-state index contributed by atoms with van der Waals surface area (Å²) >= 11 is 3.18. The maximum atomic E-state index is 13.3. The van der Waals surface area contributed by atoms with Gasteiger partial charge in [0.15, 0.2) is 0 Å². The minimum Gasteiger partial charge on any atom is -0.272 e. The van der Waals surface area contributed by atoms with Gasteiger partial charge in [0.2, 0.25) is 5.91 Å². The SMILES string of the molecule is O=C(C1C=CC(F)=C(Br)C1)N1CCCC(c2ccccc2)=N1. The Labute approximate surface area is 137 Å². The molecule has 0 N–H and O–H groups in total. The van der Waals surface area contributed by atoms with Gasteiger partial charge in [0.1, 0.15) is 5.83 Å². The molecule has 1 unspecified atom stereocenters. The molecule has 1 heterocycles. The molecular formula is C17H16BrFN2O. The van der Waals surface area contributed by atoms with Crippen molar-refractivity contribution in [1.29, 1.82) is 0 Å². The summed E-state index contributed by atoms with van der Waals surface area (Å²) in [5.74, 6) is -0.738. The van der Waals surface area contributed by atoms with Crippen molar-refractivity contribution < 1.29 is 9.18 Å². The van der Waals surface area contributed by atoms with Crippen LogP contribution < -0.4 is 0 Å². The predicted molar refractivity (Wildman–Crippen MR) is 88.2 cm³/mol. The Morgan fingerprint density at radius 3 is 2.82 bits per heavy atom. The Bertz CT molecular complexity index is 666. The van der Waals surface area contributed by atoms with Crippen LogP contribution in [-0.4, -0.2) is 23.2 Å². The minimum atomic E-state index is -0.354. The van der Waals surface area contributed by atoms with Gasteiger partial charge in [-0.15, -0.1) is 0 Å². The monoisotopic (exact) mass is 362 g/mol. The maximum absolute atomic E-state index is 13.3. The average molecular weight is 363 g/mol. The summed E-state index contributed by atoms with van der Waals surface area (Å²) < 4.78 is 13.8. The lowest BCUT2D eigenvalue weighted by Crippen LogP contribution is -2.36. The molecule has 1 amide bonds. The lowest BCUT2D eigenvalue weighted by molar-refractivity contribution is -0.134. The molecule has 1 aromatic rings. The molecule has 3 nitrogen and oxygen atoms in total. The fourth-order valence-corrected chi connectivity index (χ4v) is 3.13. The van der Waals surface area contributed by atoms with E-state index in [4.69, 9.17) is 0 Å². The zero-order valence-corrected chi connectivity index (χ0v) is 13.6. The number of carbonyl (C=O) groups is 1. The van der Waals surface area contributed by atoms with Gasteiger partial charge >= 0.3 is 0 Å². The number of benzene rings is 1. The van der Waals surface area contributed by atoms with Gasteiger partial charge < -0.3 is 0 Å². The van der Waals surface area contributed by atoms with E-state index in [9.17, 15) is 9.18 Å². The zero-order valence-electron chi connectivity index (χ0n) is 12.0. The summed E-state index contributed by atoms with van der Waals surface area (Å²) in [6.07, 6.45) is 5.08. The second-order valence-electron chi connectivity index (χ2n) is 5.40. The number of hydrogen-bond acceptors (Lipinski definition) is 2. The van der Waals surface area contributed by atoms with Crippen molar-refractivity contribution in [3.05, 3.63) is 58.4 Å². The smallest absolute Gasteiger partial charge is 0.249 e. The summed E-state index contributed by atoms with van der Waals surface area (Å²) in [7, 11) is 0. The topological polar surface area (TPSA) is 32.7 Å². The zero-order chi connectivity index (χ0) is 15.5. The van der Waals surface area contributed by atoms with Crippen LogP contribution in [0.3, 0.4) is 0 Å². The van der Waals surface area contributed by atoms with Crippen molar-refractivity contribution in [2.24, 2.45) is 11.0 Å². The number of rotatable bonds is 2. The molecule has 0 spiro atoms. The number of nitrogens with zero attached hydrogens (tertiary/aromatic N) is 2. The van der Waals surface area contributed by atoms with Crippen LogP contribution in [0.4, 0.5) is 4.39 Å². The highest BCUT2D eigenvalue weighted by Crippen LogP contribution is 2.30. The first-order valence-electron chi connectivity index (χ1n) is 7.32. The molecule has 1 atom stereocenters. The molecule has 3 rings (SSSR count). The van der Waals surface area contributed by atoms with Crippen LogP contribution in [0.1, 0.15) is 24.8 Å². The molecule has 114 valence electrons. The fraction of sp³-hybridized carbons (Fsp3) is 0.294. The Hall–Kier alpha value is -1.75. The molecule has 2 aliphatic rings. The maximum Gasteiger partial charge on any atom is 0.249 e. The van der Waals surface area contributed by atoms with E-state index in [2.05, 4.69) is 21.0 Å². The van der Waals surface area contributed by atoms with E-state index in [-0.39, 0.29) is 17.7 Å². The number of amides is 1. The molecule has 0 fully saturated rings. The molecule has 1 aliphatic carbocycles. The van der Waals surface area contributed by atoms with E-state index < -0.39 is 0 Å². The van der Waals surface area contributed by atoms with E-state index in [0.717, 1.165) is 24.1 Å². The van der Waals surface area contributed by atoms with Gasteiger partial charge in [-0.05, 0) is 30.9 Å². The Kier molecular flexibility index (Phi) is 4.52. The summed E-state index contributed by atoms with van der Waals surface area (Å²) in [4.78, 5) is 12.6. The lowest BCUT2D eigenvalue weighted by Gasteiger charge is -2.27. The first-order valence-corrected chi connectivity index (χ1v) is 8.11. The van der Waals surface area contributed by atoms with Crippen molar-refractivity contribution >= 4 is 27.5 Å². The van der Waals surface area contributed by atoms with Crippen LogP contribution >= 0.6 is 15.9 Å². The first-order chi connectivity index (χ1) is 10.6. The van der Waals surface area contributed by atoms with Crippen LogP contribution in [0.2, 0.25) is 0 Å². The number of hydrazone groups is 1. The van der Waals surface area contributed by atoms with Gasteiger partial charge in [0.05, 0.1) is 11.6 Å². The highest BCUT2D eigenvalue weighted by atomic mass is 79.9. The van der Waals surface area contributed by atoms with Gasteiger partial charge in [-0.1, -0.05) is 52.3 Å². The van der Waals surface area contributed by atoms with Gasteiger partial charge in [0, 0.05) is 11.0 Å². The summed E-state index contributed by atoms with van der Waals surface area (Å²) in [6, 6.07) is 9.89. The fourth-order valence-electron chi connectivity index (χ4n) is 2.64. The third-order valence-corrected chi connectivity index (χ3v) is 4.54. The molecular weight excluding hydrogens is 347 g/mol. The van der Waals surface area contributed by atoms with Crippen LogP contribution in [0.15, 0.2) is 57.9 Å². The molecule has 22 heavy (non-hydrogen) atoms.